The maximum Gasteiger partial charge on any atom is 0.418 e. The van der Waals surface area contributed by atoms with Crippen molar-refractivity contribution in [3.8, 4) is 0 Å². The molecule has 0 saturated heterocycles. The average Bonchev–Trinajstić information content (AvgIpc) is 2.69. The predicted octanol–water partition coefficient (Wildman–Crippen LogP) is 5.38. The zero-order valence-corrected chi connectivity index (χ0v) is 17.4. The van der Waals surface area contributed by atoms with Crippen LogP contribution in [0.3, 0.4) is 0 Å². The summed E-state index contributed by atoms with van der Waals surface area (Å²) >= 11 is 0. The molecular weight excluding hydrogens is 429 g/mol. The van der Waals surface area contributed by atoms with Gasteiger partial charge in [-0.3, -0.25) is 9.52 Å². The number of alkyl halides is 3. The summed E-state index contributed by atoms with van der Waals surface area (Å²) in [6.45, 7) is 3.34. The van der Waals surface area contributed by atoms with Gasteiger partial charge in [-0.05, 0) is 55.8 Å². The summed E-state index contributed by atoms with van der Waals surface area (Å²) in [5.74, 6) is -0.786. The third-order valence-corrected chi connectivity index (χ3v) is 6.02. The van der Waals surface area contributed by atoms with Crippen molar-refractivity contribution in [2.75, 3.05) is 10.0 Å². The van der Waals surface area contributed by atoms with Gasteiger partial charge in [-0.1, -0.05) is 35.9 Å². The van der Waals surface area contributed by atoms with Gasteiger partial charge in [-0.2, -0.15) is 13.2 Å². The smallest absolute Gasteiger partial charge is 0.321 e. The fraction of sp³-hybridized carbons (Fsp3) is 0.136. The predicted molar refractivity (Wildman–Crippen MR) is 113 cm³/mol. The number of para-hydroxylation sites is 1. The van der Waals surface area contributed by atoms with E-state index in [4.69, 9.17) is 0 Å². The van der Waals surface area contributed by atoms with Crippen LogP contribution in [0.15, 0.2) is 71.6 Å². The van der Waals surface area contributed by atoms with Crippen molar-refractivity contribution in [3.63, 3.8) is 0 Å². The number of benzene rings is 3. The van der Waals surface area contributed by atoms with E-state index in [2.05, 4.69) is 10.0 Å². The van der Waals surface area contributed by atoms with E-state index >= 15 is 0 Å². The molecule has 0 saturated carbocycles. The van der Waals surface area contributed by atoms with E-state index in [0.29, 0.717) is 0 Å². The Morgan fingerprint density at radius 1 is 0.839 bits per heavy atom. The van der Waals surface area contributed by atoms with Crippen molar-refractivity contribution in [1.82, 2.24) is 0 Å². The molecule has 162 valence electrons. The van der Waals surface area contributed by atoms with Crippen LogP contribution in [0.1, 0.15) is 27.0 Å². The number of aryl methyl sites for hydroxylation is 1. The second-order valence-corrected chi connectivity index (χ2v) is 8.58. The summed E-state index contributed by atoms with van der Waals surface area (Å²) in [7, 11) is -3.91. The minimum atomic E-state index is -4.63. The van der Waals surface area contributed by atoms with Crippen molar-refractivity contribution >= 4 is 27.3 Å². The largest absolute Gasteiger partial charge is 0.418 e. The quantitative estimate of drug-likeness (QED) is 0.551. The average molecular weight is 448 g/mol. The first-order valence-electron chi connectivity index (χ1n) is 9.16. The Hall–Kier alpha value is -3.33. The fourth-order valence-electron chi connectivity index (χ4n) is 2.94. The fourth-order valence-corrected chi connectivity index (χ4v) is 4.07. The molecule has 3 aromatic rings. The normalized spacial score (nSPS) is 11.8. The van der Waals surface area contributed by atoms with Crippen LogP contribution in [0.4, 0.5) is 24.5 Å². The Balaban J connectivity index is 1.89. The topological polar surface area (TPSA) is 75.3 Å². The number of anilines is 2. The van der Waals surface area contributed by atoms with Gasteiger partial charge in [-0.15, -0.1) is 0 Å². The molecule has 9 heteroatoms. The Morgan fingerprint density at radius 3 is 2.10 bits per heavy atom. The molecule has 1 amide bonds. The third-order valence-electron chi connectivity index (χ3n) is 4.63. The minimum absolute atomic E-state index is 0.0427. The monoisotopic (exact) mass is 448 g/mol. The van der Waals surface area contributed by atoms with E-state index in [-0.39, 0.29) is 27.4 Å². The lowest BCUT2D eigenvalue weighted by Gasteiger charge is -2.16. The van der Waals surface area contributed by atoms with Crippen LogP contribution in [0.2, 0.25) is 0 Å². The summed E-state index contributed by atoms with van der Waals surface area (Å²) in [6, 6.07) is 15.2. The molecule has 0 spiro atoms. The lowest BCUT2D eigenvalue weighted by molar-refractivity contribution is -0.136. The number of nitrogens with one attached hydrogen (secondary N) is 2. The number of sulfonamides is 1. The van der Waals surface area contributed by atoms with Crippen LogP contribution in [-0.4, -0.2) is 14.3 Å². The highest BCUT2D eigenvalue weighted by molar-refractivity contribution is 7.92. The third kappa shape index (κ3) is 5.05. The van der Waals surface area contributed by atoms with Crippen LogP contribution >= 0.6 is 0 Å². The minimum Gasteiger partial charge on any atom is -0.321 e. The van der Waals surface area contributed by atoms with Gasteiger partial charge >= 0.3 is 6.18 Å². The zero-order valence-electron chi connectivity index (χ0n) is 16.6. The molecule has 0 fully saturated rings. The first-order valence-corrected chi connectivity index (χ1v) is 10.6. The molecule has 0 aromatic heterocycles. The van der Waals surface area contributed by atoms with Gasteiger partial charge in [0.2, 0.25) is 0 Å². The van der Waals surface area contributed by atoms with Gasteiger partial charge in [0.1, 0.15) is 0 Å². The molecule has 5 nitrogen and oxygen atoms in total. The van der Waals surface area contributed by atoms with Gasteiger partial charge in [0.15, 0.2) is 0 Å². The van der Waals surface area contributed by atoms with E-state index in [9.17, 15) is 26.4 Å². The second-order valence-electron chi connectivity index (χ2n) is 6.89. The molecule has 3 aromatic carbocycles. The number of carbonyl (C=O) groups excluding carboxylic acids is 1. The molecule has 0 radical (unpaired) electrons. The number of rotatable bonds is 5. The van der Waals surface area contributed by atoms with Crippen molar-refractivity contribution < 1.29 is 26.4 Å². The first-order chi connectivity index (χ1) is 14.5. The summed E-state index contributed by atoms with van der Waals surface area (Å²) in [6.07, 6.45) is -4.63. The lowest BCUT2D eigenvalue weighted by Crippen LogP contribution is -2.19. The molecule has 31 heavy (non-hydrogen) atoms. The number of carbonyl (C=O) groups is 1. The highest BCUT2D eigenvalue weighted by Crippen LogP contribution is 2.35. The van der Waals surface area contributed by atoms with Gasteiger partial charge in [0.05, 0.1) is 21.8 Å². The maximum atomic E-state index is 13.2. The first kappa shape index (κ1) is 22.4. The van der Waals surface area contributed by atoms with E-state index < -0.39 is 27.7 Å². The maximum absolute atomic E-state index is 13.2. The summed E-state index contributed by atoms with van der Waals surface area (Å²) in [4.78, 5) is 12.7. The molecular formula is C22H19F3N2O3S. The van der Waals surface area contributed by atoms with Crippen LogP contribution in [0, 0.1) is 13.8 Å². The van der Waals surface area contributed by atoms with Crippen molar-refractivity contribution in [3.05, 3.63) is 89.0 Å². The zero-order chi connectivity index (χ0) is 22.8. The van der Waals surface area contributed by atoms with Crippen LogP contribution in [0.5, 0.6) is 0 Å². The highest BCUT2D eigenvalue weighted by Gasteiger charge is 2.33. The number of hydrogen-bond donors (Lipinski definition) is 2. The molecule has 2 N–H and O–H groups in total. The van der Waals surface area contributed by atoms with Crippen molar-refractivity contribution in [2.24, 2.45) is 0 Å². The Kier molecular flexibility index (Phi) is 6.08. The second kappa shape index (κ2) is 8.43. The van der Waals surface area contributed by atoms with Gasteiger partial charge in [0.25, 0.3) is 15.9 Å². The number of hydrogen-bond acceptors (Lipinski definition) is 3. The van der Waals surface area contributed by atoms with Gasteiger partial charge < -0.3 is 5.32 Å². The molecule has 0 heterocycles. The van der Waals surface area contributed by atoms with E-state index in [1.807, 2.05) is 6.92 Å². The number of halogens is 3. The molecule has 3 rings (SSSR count). The molecule has 0 aliphatic rings. The molecule has 0 aliphatic carbocycles. The Labute approximate surface area is 178 Å². The van der Waals surface area contributed by atoms with Gasteiger partial charge in [-0.25, -0.2) is 8.42 Å². The molecule has 0 unspecified atom stereocenters. The Morgan fingerprint density at radius 2 is 1.45 bits per heavy atom. The van der Waals surface area contributed by atoms with Gasteiger partial charge in [0, 0.05) is 5.56 Å². The van der Waals surface area contributed by atoms with E-state index in [1.54, 1.807) is 12.1 Å². The standard InChI is InChI=1S/C22H19F3N2O3S/c1-14-10-12-16(13-11-14)31(29,30)27-19-9-5-6-17(15(19)2)21(28)26-20-8-4-3-7-18(20)22(23,24)25/h3-13,27H,1-2H3,(H,26,28). The number of amides is 1. The lowest BCUT2D eigenvalue weighted by atomic mass is 10.1. The van der Waals surface area contributed by atoms with Crippen LogP contribution < -0.4 is 10.0 Å². The van der Waals surface area contributed by atoms with Crippen LogP contribution in [-0.2, 0) is 16.2 Å². The van der Waals surface area contributed by atoms with E-state index in [1.165, 1.54) is 49.4 Å². The summed E-state index contributed by atoms with van der Waals surface area (Å²) in [5.41, 5.74) is 0.00815. The molecule has 0 bridgehead atoms. The van der Waals surface area contributed by atoms with Crippen molar-refractivity contribution in [1.29, 1.82) is 0 Å². The molecule has 0 aliphatic heterocycles. The SMILES string of the molecule is Cc1ccc(S(=O)(=O)Nc2cccc(C(=O)Nc3ccccc3C(F)(F)F)c2C)cc1. The van der Waals surface area contributed by atoms with Crippen molar-refractivity contribution in [2.45, 2.75) is 24.9 Å². The highest BCUT2D eigenvalue weighted by atomic mass is 32.2. The molecule has 0 atom stereocenters. The summed E-state index contributed by atoms with van der Waals surface area (Å²) < 4.78 is 67.3. The summed E-state index contributed by atoms with van der Waals surface area (Å²) in [5, 5.41) is 2.27. The van der Waals surface area contributed by atoms with E-state index in [0.717, 1.165) is 17.7 Å². The van der Waals surface area contributed by atoms with Crippen LogP contribution in [0.25, 0.3) is 0 Å². The Bertz CT molecular complexity index is 1220.